The van der Waals surface area contributed by atoms with Crippen molar-refractivity contribution >= 4 is 12.4 Å². The van der Waals surface area contributed by atoms with Crippen molar-refractivity contribution in [3.05, 3.63) is 35.6 Å². The predicted molar refractivity (Wildman–Crippen MR) is 106 cm³/mol. The molecule has 0 amide bonds. The molecule has 1 saturated carbocycles. The Morgan fingerprint density at radius 3 is 2.43 bits per heavy atom. The first-order valence-corrected chi connectivity index (χ1v) is 10.2. The Morgan fingerprint density at radius 1 is 1.07 bits per heavy atom. The van der Waals surface area contributed by atoms with E-state index < -0.39 is 6.36 Å². The molecule has 3 heterocycles. The maximum absolute atomic E-state index is 12.9. The number of para-hydroxylation sites is 1. The van der Waals surface area contributed by atoms with Crippen LogP contribution in [0.4, 0.5) is 13.2 Å². The number of benzene rings is 1. The summed E-state index contributed by atoms with van der Waals surface area (Å²) in [7, 11) is 0. The van der Waals surface area contributed by atoms with E-state index in [-0.39, 0.29) is 42.3 Å². The number of aromatic nitrogens is 1. The zero-order valence-corrected chi connectivity index (χ0v) is 17.1. The molecule has 3 aliphatic rings. The van der Waals surface area contributed by atoms with Gasteiger partial charge in [-0.1, -0.05) is 17.3 Å². The molecule has 9 heteroatoms. The Labute approximate surface area is 178 Å². The lowest BCUT2D eigenvalue weighted by Gasteiger charge is -2.29. The third-order valence-corrected chi connectivity index (χ3v) is 6.03. The summed E-state index contributed by atoms with van der Waals surface area (Å²) in [5.74, 6) is 0.727. The summed E-state index contributed by atoms with van der Waals surface area (Å²) in [6.45, 7) is 0.287. The van der Waals surface area contributed by atoms with Crippen LogP contribution in [-0.2, 0) is 11.3 Å². The average Bonchev–Trinajstić information content (AvgIpc) is 3.35. The highest BCUT2D eigenvalue weighted by molar-refractivity contribution is 5.85. The van der Waals surface area contributed by atoms with Crippen LogP contribution in [0.15, 0.2) is 28.8 Å². The standard InChI is InChI=1S/C21H23F3N2O3.ClH/c22-21(23,24)28-18-4-2-1-3-16(18)19-17(20(29-26-19)12-5-6-12)11-27-15-9-13-7-8-14(10-15)25-13;/h1-4,12-15,25H,5-11H2;1H. The van der Waals surface area contributed by atoms with Crippen LogP contribution in [0, 0.1) is 0 Å². The van der Waals surface area contributed by atoms with Crippen LogP contribution in [0.2, 0.25) is 0 Å². The Bertz CT molecular complexity index is 873. The second-order valence-electron chi connectivity index (χ2n) is 8.23. The number of hydrogen-bond donors (Lipinski definition) is 1. The third-order valence-electron chi connectivity index (χ3n) is 6.03. The van der Waals surface area contributed by atoms with Crippen LogP contribution in [0.5, 0.6) is 5.75 Å². The van der Waals surface area contributed by atoms with E-state index in [0.717, 1.165) is 37.0 Å². The molecule has 1 N–H and O–H groups in total. The summed E-state index contributed by atoms with van der Waals surface area (Å²) < 4.78 is 54.6. The smallest absolute Gasteiger partial charge is 0.405 e. The Balaban J connectivity index is 0.00000218. The SMILES string of the molecule is Cl.FC(F)(F)Oc1ccccc1-c1noc(C2CC2)c1COC1CC2CCC(C1)N2. The molecular weight excluding hydrogens is 421 g/mol. The minimum absolute atomic E-state index is 0. The molecule has 2 unspecified atom stereocenters. The average molecular weight is 445 g/mol. The summed E-state index contributed by atoms with van der Waals surface area (Å²) in [5.41, 5.74) is 1.39. The molecule has 5 nitrogen and oxygen atoms in total. The van der Waals surface area contributed by atoms with Gasteiger partial charge in [-0.25, -0.2) is 0 Å². The van der Waals surface area contributed by atoms with E-state index in [0.29, 0.717) is 17.8 Å². The molecule has 0 radical (unpaired) electrons. The van der Waals surface area contributed by atoms with Gasteiger partial charge in [-0.2, -0.15) is 0 Å². The van der Waals surface area contributed by atoms with E-state index in [1.54, 1.807) is 12.1 Å². The molecule has 164 valence electrons. The van der Waals surface area contributed by atoms with Gasteiger partial charge in [-0.05, 0) is 50.7 Å². The second-order valence-corrected chi connectivity index (χ2v) is 8.23. The number of nitrogens with one attached hydrogen (secondary N) is 1. The number of hydrogen-bond acceptors (Lipinski definition) is 5. The first kappa shape index (κ1) is 21.5. The third kappa shape index (κ3) is 4.60. The van der Waals surface area contributed by atoms with E-state index in [1.165, 1.54) is 25.0 Å². The fraction of sp³-hybridized carbons (Fsp3) is 0.571. The van der Waals surface area contributed by atoms with Gasteiger partial charge < -0.3 is 19.3 Å². The highest BCUT2D eigenvalue weighted by Crippen LogP contribution is 2.46. The van der Waals surface area contributed by atoms with Gasteiger partial charge in [0.05, 0.1) is 12.7 Å². The molecule has 30 heavy (non-hydrogen) atoms. The van der Waals surface area contributed by atoms with Gasteiger partial charge in [0.25, 0.3) is 0 Å². The zero-order chi connectivity index (χ0) is 20.0. The Kier molecular flexibility index (Phi) is 6.01. The fourth-order valence-electron chi connectivity index (χ4n) is 4.56. The summed E-state index contributed by atoms with van der Waals surface area (Å²) >= 11 is 0. The maximum atomic E-state index is 12.9. The Morgan fingerprint density at radius 2 is 1.77 bits per heavy atom. The first-order valence-electron chi connectivity index (χ1n) is 10.2. The van der Waals surface area contributed by atoms with Crippen LogP contribution in [-0.4, -0.2) is 29.7 Å². The summed E-state index contributed by atoms with van der Waals surface area (Å²) in [6.07, 6.45) is 1.65. The number of ether oxygens (including phenoxy) is 2. The molecule has 0 spiro atoms. The molecule has 2 aliphatic heterocycles. The molecule has 2 atom stereocenters. The fourth-order valence-corrected chi connectivity index (χ4v) is 4.56. The van der Waals surface area contributed by atoms with Crippen LogP contribution >= 0.6 is 12.4 Å². The van der Waals surface area contributed by atoms with Crippen molar-refractivity contribution in [3.63, 3.8) is 0 Å². The van der Waals surface area contributed by atoms with Crippen molar-refractivity contribution in [1.82, 2.24) is 10.5 Å². The van der Waals surface area contributed by atoms with E-state index >= 15 is 0 Å². The van der Waals surface area contributed by atoms with Crippen LogP contribution in [0.1, 0.15) is 55.8 Å². The van der Waals surface area contributed by atoms with Gasteiger partial charge in [0.15, 0.2) is 0 Å². The number of piperidine rings is 1. The van der Waals surface area contributed by atoms with E-state index in [9.17, 15) is 13.2 Å². The van der Waals surface area contributed by atoms with Gasteiger partial charge in [-0.15, -0.1) is 25.6 Å². The van der Waals surface area contributed by atoms with Crippen LogP contribution < -0.4 is 10.1 Å². The van der Waals surface area contributed by atoms with Crippen molar-refractivity contribution < 1.29 is 27.2 Å². The lowest BCUT2D eigenvalue weighted by molar-refractivity contribution is -0.274. The molecule has 2 aromatic rings. The molecule has 2 saturated heterocycles. The molecule has 1 aliphatic carbocycles. The van der Waals surface area contributed by atoms with Crippen molar-refractivity contribution in [1.29, 1.82) is 0 Å². The maximum Gasteiger partial charge on any atom is 0.573 e. The number of rotatable bonds is 6. The molecule has 5 rings (SSSR count). The number of nitrogens with zero attached hydrogens (tertiary/aromatic N) is 1. The van der Waals surface area contributed by atoms with E-state index in [4.69, 9.17) is 9.26 Å². The van der Waals surface area contributed by atoms with Crippen molar-refractivity contribution in [2.24, 2.45) is 0 Å². The van der Waals surface area contributed by atoms with Crippen molar-refractivity contribution in [2.75, 3.05) is 0 Å². The van der Waals surface area contributed by atoms with Gasteiger partial charge in [-0.3, -0.25) is 0 Å². The van der Waals surface area contributed by atoms with Gasteiger partial charge in [0.1, 0.15) is 17.2 Å². The van der Waals surface area contributed by atoms with Gasteiger partial charge >= 0.3 is 6.36 Å². The van der Waals surface area contributed by atoms with Gasteiger partial charge in [0.2, 0.25) is 0 Å². The number of alkyl halides is 3. The number of fused-ring (bicyclic) bond motifs is 2. The molecule has 1 aromatic carbocycles. The molecule has 1 aromatic heterocycles. The summed E-state index contributed by atoms with van der Waals surface area (Å²) in [6, 6.07) is 7.05. The lowest BCUT2D eigenvalue weighted by atomic mass is 10.0. The summed E-state index contributed by atoms with van der Waals surface area (Å²) in [4.78, 5) is 0. The minimum atomic E-state index is -4.77. The second kappa shape index (κ2) is 8.40. The molecule has 3 fully saturated rings. The topological polar surface area (TPSA) is 56.5 Å². The first-order chi connectivity index (χ1) is 14.0. The van der Waals surface area contributed by atoms with Gasteiger partial charge in [0, 0.05) is 29.1 Å². The van der Waals surface area contributed by atoms with E-state index in [2.05, 4.69) is 15.2 Å². The lowest BCUT2D eigenvalue weighted by Crippen LogP contribution is -2.41. The highest BCUT2D eigenvalue weighted by atomic mass is 35.5. The summed E-state index contributed by atoms with van der Waals surface area (Å²) in [5, 5.41) is 7.72. The van der Waals surface area contributed by atoms with Crippen LogP contribution in [0.25, 0.3) is 11.3 Å². The quantitative estimate of drug-likeness (QED) is 0.651. The minimum Gasteiger partial charge on any atom is -0.405 e. The predicted octanol–water partition coefficient (Wildman–Crippen LogP) is 5.34. The van der Waals surface area contributed by atoms with Crippen LogP contribution in [0.3, 0.4) is 0 Å². The number of halogens is 4. The highest BCUT2D eigenvalue weighted by Gasteiger charge is 2.37. The largest absolute Gasteiger partial charge is 0.573 e. The normalized spacial score (nSPS) is 25.8. The molecule has 2 bridgehead atoms. The monoisotopic (exact) mass is 444 g/mol. The van der Waals surface area contributed by atoms with Crippen molar-refractivity contribution in [2.45, 2.75) is 75.6 Å². The molecular formula is C21H24ClF3N2O3. The Hall–Kier alpha value is -1.77. The zero-order valence-electron chi connectivity index (χ0n) is 16.3. The van der Waals surface area contributed by atoms with Crippen molar-refractivity contribution in [3.8, 4) is 17.0 Å². The van der Waals surface area contributed by atoms with E-state index in [1.807, 2.05) is 0 Å².